The van der Waals surface area contributed by atoms with Gasteiger partial charge >= 0.3 is 0 Å². The van der Waals surface area contributed by atoms with Crippen molar-refractivity contribution in [3.05, 3.63) is 35.6 Å². The molecule has 1 saturated carbocycles. The van der Waals surface area contributed by atoms with E-state index in [1.807, 2.05) is 12.1 Å². The van der Waals surface area contributed by atoms with Crippen molar-refractivity contribution in [1.29, 1.82) is 0 Å². The summed E-state index contributed by atoms with van der Waals surface area (Å²) in [5.41, 5.74) is 1.27. The fraction of sp³-hybridized carbons (Fsp3) is 0.538. The number of halogens is 1. The van der Waals surface area contributed by atoms with E-state index in [2.05, 4.69) is 5.32 Å². The van der Waals surface area contributed by atoms with E-state index in [1.165, 1.54) is 12.8 Å². The Labute approximate surface area is 89.7 Å². The molecule has 3 rings (SSSR count). The van der Waals surface area contributed by atoms with Gasteiger partial charge < -0.3 is 5.32 Å². The van der Waals surface area contributed by atoms with E-state index in [1.54, 1.807) is 12.1 Å². The van der Waals surface area contributed by atoms with Crippen molar-refractivity contribution in [3.63, 3.8) is 0 Å². The van der Waals surface area contributed by atoms with Crippen molar-refractivity contribution in [2.24, 2.45) is 11.3 Å². The highest BCUT2D eigenvalue weighted by Crippen LogP contribution is 2.51. The summed E-state index contributed by atoms with van der Waals surface area (Å²) >= 11 is 0. The van der Waals surface area contributed by atoms with Crippen molar-refractivity contribution in [1.82, 2.24) is 5.32 Å². The molecule has 0 radical (unpaired) electrons. The maximum atomic E-state index is 13.5. The molecule has 2 aliphatic rings. The summed E-state index contributed by atoms with van der Waals surface area (Å²) in [6.45, 7) is 2.21. The molecule has 0 aromatic heterocycles. The summed E-state index contributed by atoms with van der Waals surface area (Å²) in [7, 11) is 0. The molecular weight excluding hydrogens is 189 g/mol. The fourth-order valence-corrected chi connectivity index (χ4v) is 3.12. The molecule has 1 heterocycles. The summed E-state index contributed by atoms with van der Waals surface area (Å²) in [5, 5.41) is 3.44. The first kappa shape index (κ1) is 9.34. The lowest BCUT2D eigenvalue weighted by Gasteiger charge is -2.44. The van der Waals surface area contributed by atoms with Crippen molar-refractivity contribution in [3.8, 4) is 0 Å². The summed E-state index contributed by atoms with van der Waals surface area (Å²) in [6, 6.07) is 7.20. The number of hydrogen-bond acceptors (Lipinski definition) is 1. The topological polar surface area (TPSA) is 12.0 Å². The molecule has 0 amide bonds. The highest BCUT2D eigenvalue weighted by Gasteiger charge is 2.49. The quantitative estimate of drug-likeness (QED) is 0.781. The maximum Gasteiger partial charge on any atom is 0.126 e. The van der Waals surface area contributed by atoms with Crippen LogP contribution >= 0.6 is 0 Å². The number of fused-ring (bicyclic) bond motifs is 1. The van der Waals surface area contributed by atoms with E-state index in [0.29, 0.717) is 5.41 Å². The van der Waals surface area contributed by atoms with Gasteiger partial charge in [0.1, 0.15) is 5.82 Å². The predicted molar refractivity (Wildman–Crippen MR) is 58.1 cm³/mol. The van der Waals surface area contributed by atoms with Crippen molar-refractivity contribution >= 4 is 0 Å². The molecule has 2 atom stereocenters. The van der Waals surface area contributed by atoms with Crippen LogP contribution < -0.4 is 5.32 Å². The fourth-order valence-electron chi connectivity index (χ4n) is 3.12. The van der Waals surface area contributed by atoms with Crippen LogP contribution in [0.5, 0.6) is 0 Å². The summed E-state index contributed by atoms with van der Waals surface area (Å²) in [6.07, 6.45) is 3.50. The second-order valence-electron chi connectivity index (χ2n) is 5.00. The van der Waals surface area contributed by atoms with Crippen LogP contribution in [-0.2, 0) is 6.42 Å². The van der Waals surface area contributed by atoms with Crippen molar-refractivity contribution in [2.75, 3.05) is 13.1 Å². The lowest BCUT2D eigenvalue weighted by molar-refractivity contribution is 0.0853. The number of benzene rings is 1. The molecule has 1 aliphatic carbocycles. The third-order valence-electron chi connectivity index (χ3n) is 4.22. The van der Waals surface area contributed by atoms with E-state index in [0.717, 1.165) is 31.0 Å². The molecule has 0 spiro atoms. The zero-order chi connectivity index (χ0) is 10.3. The molecule has 2 unspecified atom stereocenters. The second-order valence-corrected chi connectivity index (χ2v) is 5.00. The maximum absolute atomic E-state index is 13.5. The summed E-state index contributed by atoms with van der Waals surface area (Å²) in [5.74, 6) is 0.751. The van der Waals surface area contributed by atoms with Gasteiger partial charge in [0.05, 0.1) is 0 Å². The largest absolute Gasteiger partial charge is 0.316 e. The van der Waals surface area contributed by atoms with Crippen LogP contribution in [0.4, 0.5) is 4.39 Å². The molecule has 1 aromatic rings. The average molecular weight is 205 g/mol. The second kappa shape index (κ2) is 3.31. The smallest absolute Gasteiger partial charge is 0.126 e. The minimum Gasteiger partial charge on any atom is -0.316 e. The summed E-state index contributed by atoms with van der Waals surface area (Å²) < 4.78 is 13.5. The molecule has 1 saturated heterocycles. The van der Waals surface area contributed by atoms with Gasteiger partial charge in [-0.1, -0.05) is 18.2 Å². The Bertz CT molecular complexity index is 377. The third-order valence-corrected chi connectivity index (χ3v) is 4.22. The molecule has 2 fully saturated rings. The van der Waals surface area contributed by atoms with Crippen LogP contribution in [0.3, 0.4) is 0 Å². The molecule has 1 aliphatic heterocycles. The van der Waals surface area contributed by atoms with E-state index in [-0.39, 0.29) is 5.82 Å². The van der Waals surface area contributed by atoms with E-state index in [9.17, 15) is 4.39 Å². The highest BCUT2D eigenvalue weighted by atomic mass is 19.1. The van der Waals surface area contributed by atoms with E-state index < -0.39 is 0 Å². The van der Waals surface area contributed by atoms with E-state index >= 15 is 0 Å². The lowest BCUT2D eigenvalue weighted by atomic mass is 9.59. The van der Waals surface area contributed by atoms with Crippen LogP contribution in [0.1, 0.15) is 18.4 Å². The Balaban J connectivity index is 1.83. The number of nitrogens with one attached hydrogen (secondary N) is 1. The highest BCUT2D eigenvalue weighted by molar-refractivity contribution is 5.21. The molecule has 1 N–H and O–H groups in total. The first-order valence-corrected chi connectivity index (χ1v) is 5.74. The van der Waals surface area contributed by atoms with Gasteiger partial charge in [0.15, 0.2) is 0 Å². The van der Waals surface area contributed by atoms with Gasteiger partial charge in [-0.05, 0) is 48.8 Å². The molecule has 0 bridgehead atoms. The first-order valence-electron chi connectivity index (χ1n) is 5.74. The van der Waals surface area contributed by atoms with Gasteiger partial charge in [-0.25, -0.2) is 4.39 Å². The van der Waals surface area contributed by atoms with Gasteiger partial charge in [0.25, 0.3) is 0 Å². The monoisotopic (exact) mass is 205 g/mol. The van der Waals surface area contributed by atoms with Crippen LogP contribution in [0.25, 0.3) is 0 Å². The molecule has 15 heavy (non-hydrogen) atoms. The molecule has 1 aromatic carbocycles. The van der Waals surface area contributed by atoms with Gasteiger partial charge in [0, 0.05) is 6.54 Å². The Morgan fingerprint density at radius 2 is 2.27 bits per heavy atom. The van der Waals surface area contributed by atoms with Gasteiger partial charge in [0.2, 0.25) is 0 Å². The normalized spacial score (nSPS) is 33.5. The minimum absolute atomic E-state index is 0.0376. The first-order chi connectivity index (χ1) is 7.30. The van der Waals surface area contributed by atoms with Gasteiger partial charge in [-0.3, -0.25) is 0 Å². The summed E-state index contributed by atoms with van der Waals surface area (Å²) in [4.78, 5) is 0. The number of rotatable bonds is 2. The zero-order valence-electron chi connectivity index (χ0n) is 8.80. The van der Waals surface area contributed by atoms with Crippen molar-refractivity contribution in [2.45, 2.75) is 19.3 Å². The minimum atomic E-state index is -0.0376. The van der Waals surface area contributed by atoms with Gasteiger partial charge in [-0.15, -0.1) is 0 Å². The van der Waals surface area contributed by atoms with Crippen LogP contribution in [0.15, 0.2) is 24.3 Å². The van der Waals surface area contributed by atoms with Crippen molar-refractivity contribution < 1.29 is 4.39 Å². The average Bonchev–Trinajstić information content (AvgIpc) is 2.49. The van der Waals surface area contributed by atoms with Crippen LogP contribution in [0.2, 0.25) is 0 Å². The predicted octanol–water partition coefficient (Wildman–Crippen LogP) is 2.37. The van der Waals surface area contributed by atoms with Crippen LogP contribution in [-0.4, -0.2) is 13.1 Å². The molecule has 2 heteroatoms. The van der Waals surface area contributed by atoms with Crippen LogP contribution in [0, 0.1) is 17.2 Å². The lowest BCUT2D eigenvalue weighted by Crippen LogP contribution is -2.41. The van der Waals surface area contributed by atoms with Gasteiger partial charge in [-0.2, -0.15) is 0 Å². The molecule has 1 nitrogen and oxygen atoms in total. The Morgan fingerprint density at radius 1 is 1.40 bits per heavy atom. The SMILES string of the molecule is Fc1ccccc1CC12CCC1CNC2. The molecular formula is C13H16FN. The molecule has 80 valence electrons. The Kier molecular flexibility index (Phi) is 2.06. The number of hydrogen-bond donors (Lipinski definition) is 1. The van der Waals surface area contributed by atoms with E-state index in [4.69, 9.17) is 0 Å². The zero-order valence-corrected chi connectivity index (χ0v) is 8.80. The Hall–Kier alpha value is -0.890. The third kappa shape index (κ3) is 1.39. The Morgan fingerprint density at radius 3 is 2.93 bits per heavy atom. The standard InChI is InChI=1S/C13H16FN/c14-12-4-2-1-3-10(12)7-13-6-5-11(13)8-15-9-13/h1-4,11,15H,5-9H2.